The standard InChI is InChI=1S/C10H14N4O2/c15-8-9(16)13-10(12-8)11-6-3-5-14-4-1-2-7(6)14/h6-7H,1-5H2,(H2,11,12,13,15,16). The van der Waals surface area contributed by atoms with Crippen molar-refractivity contribution in [2.75, 3.05) is 13.1 Å². The van der Waals surface area contributed by atoms with Gasteiger partial charge in [-0.05, 0) is 25.8 Å². The van der Waals surface area contributed by atoms with Crippen LogP contribution < -0.4 is 10.6 Å². The Balaban J connectivity index is 1.73. The van der Waals surface area contributed by atoms with Gasteiger partial charge < -0.3 is 0 Å². The summed E-state index contributed by atoms with van der Waals surface area (Å²) in [6, 6.07) is 0.720. The van der Waals surface area contributed by atoms with Gasteiger partial charge in [-0.1, -0.05) is 0 Å². The van der Waals surface area contributed by atoms with Gasteiger partial charge in [0.15, 0.2) is 0 Å². The second-order valence-corrected chi connectivity index (χ2v) is 4.49. The second kappa shape index (κ2) is 3.55. The maximum absolute atomic E-state index is 11.0. The van der Waals surface area contributed by atoms with Crippen molar-refractivity contribution in [1.82, 2.24) is 15.5 Å². The molecule has 3 aliphatic rings. The average Bonchev–Trinajstić information content (AvgIpc) is 2.88. The first kappa shape index (κ1) is 9.77. The normalized spacial score (nSPS) is 33.9. The Morgan fingerprint density at radius 3 is 2.62 bits per heavy atom. The van der Waals surface area contributed by atoms with E-state index >= 15 is 0 Å². The molecule has 3 heterocycles. The monoisotopic (exact) mass is 222 g/mol. The number of hydrogen-bond donors (Lipinski definition) is 2. The summed E-state index contributed by atoms with van der Waals surface area (Å²) in [7, 11) is 0. The van der Waals surface area contributed by atoms with Crippen LogP contribution in [-0.4, -0.2) is 47.8 Å². The minimum absolute atomic E-state index is 0.219. The first-order chi connectivity index (χ1) is 7.74. The number of fused-ring (bicyclic) bond motifs is 1. The number of amides is 2. The lowest BCUT2D eigenvalue weighted by Gasteiger charge is -2.17. The summed E-state index contributed by atoms with van der Waals surface area (Å²) >= 11 is 0. The zero-order valence-electron chi connectivity index (χ0n) is 8.90. The summed E-state index contributed by atoms with van der Waals surface area (Å²) in [5.74, 6) is -0.895. The van der Waals surface area contributed by atoms with Gasteiger partial charge in [0.1, 0.15) is 0 Å². The van der Waals surface area contributed by atoms with E-state index < -0.39 is 11.8 Å². The van der Waals surface area contributed by atoms with Crippen LogP contribution in [0.15, 0.2) is 4.99 Å². The summed E-state index contributed by atoms with van der Waals surface area (Å²) in [6.45, 7) is 2.23. The van der Waals surface area contributed by atoms with E-state index in [1.54, 1.807) is 0 Å². The van der Waals surface area contributed by atoms with Crippen molar-refractivity contribution in [3.8, 4) is 0 Å². The highest BCUT2D eigenvalue weighted by molar-refractivity contribution is 6.45. The van der Waals surface area contributed by atoms with Crippen LogP contribution in [-0.2, 0) is 9.59 Å². The summed E-state index contributed by atoms with van der Waals surface area (Å²) in [5.41, 5.74) is 0. The minimum atomic E-state index is -0.611. The molecule has 6 heteroatoms. The number of carbonyl (C=O) groups excluding carboxylic acids is 2. The number of rotatable bonds is 1. The average molecular weight is 222 g/mol. The van der Waals surface area contributed by atoms with E-state index in [4.69, 9.17) is 0 Å². The van der Waals surface area contributed by atoms with Gasteiger partial charge in [0.05, 0.1) is 6.04 Å². The fourth-order valence-corrected chi connectivity index (χ4v) is 2.80. The molecule has 3 aliphatic heterocycles. The Hall–Kier alpha value is -1.43. The molecule has 2 N–H and O–H groups in total. The van der Waals surface area contributed by atoms with E-state index in [1.807, 2.05) is 0 Å². The van der Waals surface area contributed by atoms with E-state index in [2.05, 4.69) is 20.5 Å². The largest absolute Gasteiger partial charge is 0.316 e. The van der Waals surface area contributed by atoms with Gasteiger partial charge in [0.25, 0.3) is 0 Å². The lowest BCUT2D eigenvalue weighted by molar-refractivity contribution is -0.135. The maximum Gasteiger partial charge on any atom is 0.316 e. The molecular weight excluding hydrogens is 208 g/mol. The molecule has 0 aromatic carbocycles. The van der Waals surface area contributed by atoms with E-state index in [1.165, 1.54) is 12.8 Å². The van der Waals surface area contributed by atoms with Gasteiger partial charge in [-0.3, -0.25) is 25.1 Å². The van der Waals surface area contributed by atoms with E-state index in [0.29, 0.717) is 12.0 Å². The topological polar surface area (TPSA) is 73.8 Å². The lowest BCUT2D eigenvalue weighted by Crippen LogP contribution is -2.32. The molecule has 2 atom stereocenters. The van der Waals surface area contributed by atoms with Crippen molar-refractivity contribution in [2.24, 2.45) is 4.99 Å². The van der Waals surface area contributed by atoms with Crippen LogP contribution in [0.1, 0.15) is 19.3 Å². The van der Waals surface area contributed by atoms with Gasteiger partial charge in [0.2, 0.25) is 5.96 Å². The number of guanidine groups is 1. The van der Waals surface area contributed by atoms with Crippen molar-refractivity contribution in [1.29, 1.82) is 0 Å². The third-order valence-corrected chi connectivity index (χ3v) is 3.54. The Bertz CT molecular complexity index is 361. The van der Waals surface area contributed by atoms with Crippen molar-refractivity contribution in [3.63, 3.8) is 0 Å². The van der Waals surface area contributed by atoms with Crippen LogP contribution in [0.4, 0.5) is 0 Å². The molecule has 0 aromatic rings. The van der Waals surface area contributed by atoms with E-state index in [-0.39, 0.29) is 6.04 Å². The second-order valence-electron chi connectivity index (χ2n) is 4.49. The number of nitrogens with one attached hydrogen (secondary N) is 2. The fourth-order valence-electron chi connectivity index (χ4n) is 2.80. The van der Waals surface area contributed by atoms with Crippen LogP contribution in [0.2, 0.25) is 0 Å². The summed E-state index contributed by atoms with van der Waals surface area (Å²) in [4.78, 5) is 28.8. The molecule has 6 nitrogen and oxygen atoms in total. The molecule has 3 rings (SSSR count). The predicted octanol–water partition coefficient (Wildman–Crippen LogP) is -1.17. The molecule has 3 saturated heterocycles. The highest BCUT2D eigenvalue weighted by Crippen LogP contribution is 2.29. The van der Waals surface area contributed by atoms with Gasteiger partial charge in [-0.25, -0.2) is 4.99 Å². The summed E-state index contributed by atoms with van der Waals surface area (Å²) in [5, 5.41) is 4.88. The molecule has 0 aliphatic carbocycles. The minimum Gasteiger partial charge on any atom is -0.298 e. The highest BCUT2D eigenvalue weighted by atomic mass is 16.2. The molecule has 16 heavy (non-hydrogen) atoms. The molecule has 0 saturated carbocycles. The zero-order chi connectivity index (χ0) is 11.1. The van der Waals surface area contributed by atoms with Crippen molar-refractivity contribution < 1.29 is 9.59 Å². The van der Waals surface area contributed by atoms with Crippen molar-refractivity contribution in [3.05, 3.63) is 0 Å². The van der Waals surface area contributed by atoms with Gasteiger partial charge in [-0.2, -0.15) is 0 Å². The molecule has 2 unspecified atom stereocenters. The Morgan fingerprint density at radius 2 is 1.88 bits per heavy atom. The Labute approximate surface area is 93.1 Å². The molecule has 0 bridgehead atoms. The van der Waals surface area contributed by atoms with Crippen LogP contribution >= 0.6 is 0 Å². The lowest BCUT2D eigenvalue weighted by atomic mass is 10.1. The molecular formula is C10H14N4O2. The van der Waals surface area contributed by atoms with Crippen LogP contribution in [0.5, 0.6) is 0 Å². The van der Waals surface area contributed by atoms with Gasteiger partial charge >= 0.3 is 11.8 Å². The molecule has 0 aromatic heterocycles. The van der Waals surface area contributed by atoms with Gasteiger partial charge in [0, 0.05) is 12.6 Å². The molecule has 3 fully saturated rings. The summed E-state index contributed by atoms with van der Waals surface area (Å²) < 4.78 is 0. The maximum atomic E-state index is 11.0. The molecule has 0 spiro atoms. The van der Waals surface area contributed by atoms with Crippen LogP contribution in [0, 0.1) is 0 Å². The molecule has 2 amide bonds. The molecule has 86 valence electrons. The smallest absolute Gasteiger partial charge is 0.298 e. The first-order valence-electron chi connectivity index (χ1n) is 5.68. The van der Waals surface area contributed by atoms with Crippen molar-refractivity contribution >= 4 is 17.8 Å². The van der Waals surface area contributed by atoms with Crippen LogP contribution in [0.3, 0.4) is 0 Å². The number of carbonyl (C=O) groups is 2. The third-order valence-electron chi connectivity index (χ3n) is 3.54. The summed E-state index contributed by atoms with van der Waals surface area (Å²) in [6.07, 6.45) is 3.41. The number of hydrogen-bond acceptors (Lipinski definition) is 4. The predicted molar refractivity (Wildman–Crippen MR) is 56.7 cm³/mol. The highest BCUT2D eigenvalue weighted by Gasteiger charge is 2.38. The third kappa shape index (κ3) is 1.49. The molecule has 0 radical (unpaired) electrons. The van der Waals surface area contributed by atoms with Crippen molar-refractivity contribution in [2.45, 2.75) is 31.3 Å². The Morgan fingerprint density at radius 1 is 1.12 bits per heavy atom. The first-order valence-corrected chi connectivity index (χ1v) is 5.68. The fraction of sp³-hybridized carbons (Fsp3) is 0.700. The quantitative estimate of drug-likeness (QED) is 0.549. The van der Waals surface area contributed by atoms with E-state index in [9.17, 15) is 9.59 Å². The number of aliphatic imine (C=N–C) groups is 1. The number of nitrogens with zero attached hydrogens (tertiary/aromatic N) is 2. The zero-order valence-corrected chi connectivity index (χ0v) is 8.90. The SMILES string of the molecule is O=C1NC(=NC2CCN3CCCC23)NC1=O. The van der Waals surface area contributed by atoms with Gasteiger partial charge in [-0.15, -0.1) is 0 Å². The Kier molecular flexibility index (Phi) is 2.17. The van der Waals surface area contributed by atoms with E-state index in [0.717, 1.165) is 19.5 Å². The van der Waals surface area contributed by atoms with Crippen LogP contribution in [0.25, 0.3) is 0 Å².